The minimum Gasteiger partial charge on any atom is -0.455 e. The lowest BCUT2D eigenvalue weighted by Gasteiger charge is -2.68. The summed E-state index contributed by atoms with van der Waals surface area (Å²) in [5.41, 5.74) is -3.50. The molecule has 1 heterocycles. The highest BCUT2D eigenvalue weighted by Crippen LogP contribution is 2.67. The van der Waals surface area contributed by atoms with E-state index in [-0.39, 0.29) is 30.9 Å². The Kier molecular flexibility index (Phi) is 14.2. The van der Waals surface area contributed by atoms with Crippen molar-refractivity contribution < 1.29 is 53.1 Å². The van der Waals surface area contributed by atoms with Crippen LogP contribution in [0, 0.1) is 28.1 Å². The summed E-state index contributed by atoms with van der Waals surface area (Å²) in [5, 5.41) is 28.1. The van der Waals surface area contributed by atoms with Crippen molar-refractivity contribution >= 4 is 29.6 Å². The van der Waals surface area contributed by atoms with Gasteiger partial charge in [0.1, 0.15) is 12.1 Å². The number of rotatable bonds is 16. The fourth-order valence-corrected chi connectivity index (χ4v) is 11.5. The van der Waals surface area contributed by atoms with Gasteiger partial charge in [0, 0.05) is 42.6 Å². The van der Waals surface area contributed by atoms with Crippen LogP contribution in [0.15, 0.2) is 71.8 Å². The second kappa shape index (κ2) is 18.8. The van der Waals surface area contributed by atoms with Crippen molar-refractivity contribution in [2.75, 3.05) is 6.61 Å². The van der Waals surface area contributed by atoms with E-state index in [1.54, 1.807) is 74.5 Å². The Labute approximate surface area is 366 Å². The second-order valence-electron chi connectivity index (χ2n) is 19.2. The van der Waals surface area contributed by atoms with Gasteiger partial charge in [0.2, 0.25) is 6.10 Å². The van der Waals surface area contributed by atoms with E-state index in [4.69, 9.17) is 18.9 Å². The molecule has 6 rings (SSSR count). The van der Waals surface area contributed by atoms with Crippen LogP contribution < -0.4 is 5.32 Å². The predicted octanol–water partition coefficient (Wildman–Crippen LogP) is 7.54. The van der Waals surface area contributed by atoms with Crippen molar-refractivity contribution in [2.45, 2.75) is 162 Å². The first-order valence-corrected chi connectivity index (χ1v) is 22.6. The Morgan fingerprint density at radius 2 is 1.52 bits per heavy atom. The molecule has 2 unspecified atom stereocenters. The first kappa shape index (κ1) is 47.1. The molecule has 2 aromatic carbocycles. The quantitative estimate of drug-likeness (QED) is 0.0659. The molecule has 3 fully saturated rings. The van der Waals surface area contributed by atoms with Crippen molar-refractivity contribution in [1.82, 2.24) is 5.32 Å². The fourth-order valence-electron chi connectivity index (χ4n) is 11.5. The Hall–Kier alpha value is -4.39. The molecular formula is C50H67NO11. The SMILES string of the molecule is CCCCCCCCCC(=O)O[C@@H](C(=O)O[C@H]1C[C@@]2(O)C(C)C3[C@]4(C)CO[C@@H]4C[C@H](O)[C@@]3(C)C(=O)[C@H](OC(C)=O)C(=C1C)C2(C)C)[C@@H](NC(=O)c1ccccc1)c1ccccc1. The first-order chi connectivity index (χ1) is 29.3. The van der Waals surface area contributed by atoms with Crippen molar-refractivity contribution in [3.8, 4) is 0 Å². The topological polar surface area (TPSA) is 175 Å². The molecule has 3 N–H and O–H groups in total. The summed E-state index contributed by atoms with van der Waals surface area (Å²) < 4.78 is 24.4. The number of Topliss-reactive ketones (excluding diaryl/α,β-unsaturated/α-hetero) is 1. The molecule has 2 bridgehead atoms. The predicted molar refractivity (Wildman–Crippen MR) is 231 cm³/mol. The highest BCUT2D eigenvalue weighted by Gasteiger charge is 2.73. The van der Waals surface area contributed by atoms with E-state index in [1.165, 1.54) is 6.92 Å². The number of esters is 3. The van der Waals surface area contributed by atoms with E-state index in [1.807, 2.05) is 27.7 Å². The van der Waals surface area contributed by atoms with Crippen LogP contribution in [0.2, 0.25) is 0 Å². The standard InChI is InChI=1S/C50H67NO11/c1-9-10-11-12-13-14-21-26-38(54)62-42(40(33-22-17-15-18-23-33)51-45(56)34-24-19-16-20-25-34)46(57)61-35-28-50(58)31(3)43-48(7)29-59-37(48)27-36(53)49(43,8)44(55)41(60-32(4)52)39(30(35)2)47(50,5)6/h15-20,22-25,31,35-37,40-43,53,58H,9-14,21,26-29H2,1-8H3,(H,51,56)/t31?,35-,36-,37+,40-,41+,42+,43?,48+,49+,50+/m0/s1. The lowest BCUT2D eigenvalue weighted by Crippen LogP contribution is -2.75. The number of carbonyl (C=O) groups excluding carboxylic acids is 5. The molecule has 0 radical (unpaired) electrons. The molecule has 0 aromatic heterocycles. The van der Waals surface area contributed by atoms with Crippen LogP contribution in [-0.2, 0) is 38.1 Å². The van der Waals surface area contributed by atoms with Gasteiger partial charge in [0.05, 0.1) is 29.8 Å². The van der Waals surface area contributed by atoms with Gasteiger partial charge in [-0.25, -0.2) is 4.79 Å². The summed E-state index contributed by atoms with van der Waals surface area (Å²) in [6.45, 7) is 14.6. The number of ketones is 1. The van der Waals surface area contributed by atoms with Crippen LogP contribution in [0.3, 0.4) is 0 Å². The van der Waals surface area contributed by atoms with Crippen molar-refractivity contribution in [1.29, 1.82) is 0 Å². The number of unbranched alkanes of at least 4 members (excludes halogenated alkanes) is 6. The van der Waals surface area contributed by atoms with Crippen LogP contribution >= 0.6 is 0 Å². The number of nitrogens with one attached hydrogen (secondary N) is 1. The molecule has 338 valence electrons. The van der Waals surface area contributed by atoms with E-state index in [9.17, 15) is 29.4 Å². The third-order valence-electron chi connectivity index (χ3n) is 15.1. The number of fused-ring (bicyclic) bond motifs is 5. The lowest BCUT2D eigenvalue weighted by atomic mass is 9.40. The maximum atomic E-state index is 15.2. The first-order valence-electron chi connectivity index (χ1n) is 22.6. The van der Waals surface area contributed by atoms with Gasteiger partial charge in [-0.2, -0.15) is 0 Å². The summed E-state index contributed by atoms with van der Waals surface area (Å²) in [6.07, 6.45) is 1.04. The smallest absolute Gasteiger partial charge is 0.350 e. The number of hydrogen-bond acceptors (Lipinski definition) is 11. The van der Waals surface area contributed by atoms with Gasteiger partial charge in [-0.1, -0.05) is 122 Å². The highest BCUT2D eigenvalue weighted by atomic mass is 16.6. The van der Waals surface area contributed by atoms with Crippen LogP contribution in [0.5, 0.6) is 0 Å². The summed E-state index contributed by atoms with van der Waals surface area (Å²) >= 11 is 0. The van der Waals surface area contributed by atoms with Gasteiger partial charge in [-0.05, 0) is 60.9 Å². The maximum absolute atomic E-state index is 15.2. The van der Waals surface area contributed by atoms with E-state index in [2.05, 4.69) is 12.2 Å². The molecule has 3 aliphatic carbocycles. The van der Waals surface area contributed by atoms with Crippen LogP contribution in [-0.4, -0.2) is 82.5 Å². The summed E-state index contributed by atoms with van der Waals surface area (Å²) in [6, 6.07) is 16.1. The molecule has 12 nitrogen and oxygen atoms in total. The Morgan fingerprint density at radius 1 is 0.903 bits per heavy atom. The zero-order valence-corrected chi connectivity index (χ0v) is 37.7. The molecule has 1 amide bonds. The van der Waals surface area contributed by atoms with E-state index < -0.39 is 93.7 Å². The minimum atomic E-state index is -1.71. The van der Waals surface area contributed by atoms with Gasteiger partial charge < -0.3 is 34.5 Å². The highest BCUT2D eigenvalue weighted by molar-refractivity contribution is 5.96. The number of benzene rings is 2. The van der Waals surface area contributed by atoms with Gasteiger partial charge in [-0.3, -0.25) is 19.2 Å². The van der Waals surface area contributed by atoms with Gasteiger partial charge in [0.25, 0.3) is 5.91 Å². The third kappa shape index (κ3) is 8.63. The molecule has 0 spiro atoms. The molecule has 2 aromatic rings. The molecule has 1 saturated heterocycles. The van der Waals surface area contributed by atoms with Gasteiger partial charge in [-0.15, -0.1) is 0 Å². The van der Waals surface area contributed by atoms with E-state index in [0.29, 0.717) is 29.7 Å². The number of aliphatic hydroxyl groups excluding tert-OH is 1. The second-order valence-corrected chi connectivity index (χ2v) is 19.2. The molecule has 4 aliphatic rings. The Morgan fingerprint density at radius 3 is 2.11 bits per heavy atom. The average molecular weight is 858 g/mol. The zero-order chi connectivity index (χ0) is 45.2. The summed E-state index contributed by atoms with van der Waals surface area (Å²) in [4.78, 5) is 70.6. The van der Waals surface area contributed by atoms with Gasteiger partial charge >= 0.3 is 17.9 Å². The van der Waals surface area contributed by atoms with Crippen molar-refractivity contribution in [3.05, 3.63) is 82.9 Å². The molecule has 2 saturated carbocycles. The van der Waals surface area contributed by atoms with Gasteiger partial charge in [0.15, 0.2) is 11.9 Å². The van der Waals surface area contributed by atoms with Crippen LogP contribution in [0.25, 0.3) is 0 Å². The molecule has 11 atom stereocenters. The maximum Gasteiger partial charge on any atom is 0.350 e. The summed E-state index contributed by atoms with van der Waals surface area (Å²) in [7, 11) is 0. The normalized spacial score (nSPS) is 32.1. The zero-order valence-electron chi connectivity index (χ0n) is 37.7. The summed E-state index contributed by atoms with van der Waals surface area (Å²) in [5.74, 6) is -4.65. The third-order valence-corrected chi connectivity index (χ3v) is 15.1. The van der Waals surface area contributed by atoms with Crippen LogP contribution in [0.1, 0.15) is 142 Å². The number of amides is 1. The average Bonchev–Trinajstić information content (AvgIpc) is 3.23. The Bertz CT molecular complexity index is 2000. The molecule has 1 aliphatic heterocycles. The fraction of sp³-hybridized carbons (Fsp3) is 0.620. The number of aliphatic hydroxyl groups is 2. The molecule has 12 heteroatoms. The van der Waals surface area contributed by atoms with Crippen molar-refractivity contribution in [3.63, 3.8) is 0 Å². The molecular weight excluding hydrogens is 791 g/mol. The lowest BCUT2D eigenvalue weighted by molar-refractivity contribution is -0.302. The van der Waals surface area contributed by atoms with Crippen LogP contribution in [0.4, 0.5) is 0 Å². The largest absolute Gasteiger partial charge is 0.455 e. The number of ether oxygens (including phenoxy) is 4. The molecule has 62 heavy (non-hydrogen) atoms. The number of hydrogen-bond donors (Lipinski definition) is 3. The Balaban J connectivity index is 1.41. The van der Waals surface area contributed by atoms with E-state index >= 15 is 4.79 Å². The minimum absolute atomic E-state index is 0.0469. The van der Waals surface area contributed by atoms with Crippen molar-refractivity contribution in [2.24, 2.45) is 28.1 Å². The number of carbonyl (C=O) groups is 5. The monoisotopic (exact) mass is 857 g/mol. The van der Waals surface area contributed by atoms with E-state index in [0.717, 1.165) is 38.5 Å².